The highest BCUT2D eigenvalue weighted by atomic mass is 19.1. The van der Waals surface area contributed by atoms with Crippen LogP contribution in [0.5, 0.6) is 0 Å². The average molecular weight is 503 g/mol. The summed E-state index contributed by atoms with van der Waals surface area (Å²) in [7, 11) is 0. The smallest absolute Gasteiger partial charge is 0.414 e. The van der Waals surface area contributed by atoms with Crippen molar-refractivity contribution in [1.29, 1.82) is 0 Å². The third-order valence-corrected chi connectivity index (χ3v) is 5.87. The molecule has 1 unspecified atom stereocenters. The number of amides is 3. The normalized spacial score (nSPS) is 20.4. The second kappa shape index (κ2) is 10.7. The van der Waals surface area contributed by atoms with E-state index in [0.717, 1.165) is 5.01 Å². The molecule has 1 aromatic carbocycles. The van der Waals surface area contributed by atoms with Crippen molar-refractivity contribution in [2.75, 3.05) is 44.2 Å². The average Bonchev–Trinajstić information content (AvgIpc) is 3.27. The van der Waals surface area contributed by atoms with Gasteiger partial charge in [0, 0.05) is 25.6 Å². The fraction of sp³-hybridized carbons (Fsp3) is 0.391. The molecule has 192 valence electrons. The first-order chi connectivity index (χ1) is 17.3. The lowest BCUT2D eigenvalue weighted by atomic mass is 10.0. The molecule has 3 heterocycles. The third-order valence-electron chi connectivity index (χ3n) is 5.87. The molecule has 3 aliphatic rings. The summed E-state index contributed by atoms with van der Waals surface area (Å²) in [4.78, 5) is 38.3. The molecule has 3 aliphatic heterocycles. The minimum atomic E-state index is -1.51. The second-order valence-electron chi connectivity index (χ2n) is 8.40. The molecule has 0 radical (unpaired) electrons. The first-order valence-electron chi connectivity index (χ1n) is 11.3. The number of allylic oxidation sites excluding steroid dienone is 2. The van der Waals surface area contributed by atoms with Crippen molar-refractivity contribution in [2.45, 2.75) is 19.1 Å². The Hall–Kier alpha value is -3.97. The second-order valence-corrected chi connectivity index (χ2v) is 8.40. The number of aliphatic hydroxyl groups excluding tert-OH is 2. The van der Waals surface area contributed by atoms with Crippen molar-refractivity contribution in [1.82, 2.24) is 20.5 Å². The molecule has 0 spiro atoms. The van der Waals surface area contributed by atoms with Gasteiger partial charge >= 0.3 is 6.09 Å². The SMILES string of the molecule is CC(=O)NC[C@H]1CN(c2ccc(C3=CC=C(N4C=NN(C(=O)C(O)CO)CC4)NC3)c(F)c2)C(=O)O1. The number of ether oxygens (including phenoxy) is 1. The van der Waals surface area contributed by atoms with Gasteiger partial charge in [0.2, 0.25) is 5.91 Å². The Morgan fingerprint density at radius 3 is 2.75 bits per heavy atom. The molecule has 1 fully saturated rings. The molecule has 4 rings (SSSR count). The van der Waals surface area contributed by atoms with Gasteiger partial charge < -0.3 is 30.5 Å². The summed E-state index contributed by atoms with van der Waals surface area (Å²) < 4.78 is 20.2. The Morgan fingerprint density at radius 1 is 1.33 bits per heavy atom. The molecule has 4 N–H and O–H groups in total. The Morgan fingerprint density at radius 2 is 2.14 bits per heavy atom. The van der Waals surface area contributed by atoms with E-state index in [2.05, 4.69) is 15.7 Å². The van der Waals surface area contributed by atoms with Gasteiger partial charge in [0.15, 0.2) is 6.10 Å². The zero-order valence-electron chi connectivity index (χ0n) is 19.6. The summed E-state index contributed by atoms with van der Waals surface area (Å²) in [5.74, 6) is -0.689. The number of anilines is 1. The number of nitrogens with one attached hydrogen (secondary N) is 2. The van der Waals surface area contributed by atoms with E-state index in [1.165, 1.54) is 24.2 Å². The van der Waals surface area contributed by atoms with Crippen LogP contribution >= 0.6 is 0 Å². The molecule has 0 bridgehead atoms. The van der Waals surface area contributed by atoms with E-state index in [1.54, 1.807) is 29.2 Å². The summed E-state index contributed by atoms with van der Waals surface area (Å²) in [6.07, 6.45) is 2.36. The van der Waals surface area contributed by atoms with Crippen molar-refractivity contribution in [3.63, 3.8) is 0 Å². The van der Waals surface area contributed by atoms with Gasteiger partial charge in [-0.25, -0.2) is 14.2 Å². The largest absolute Gasteiger partial charge is 0.442 e. The standard InChI is InChI=1S/C23H27FN6O6/c1-14(32)25-10-17-11-29(23(35)36-17)16-3-4-18(19(24)8-16)15-2-5-21(26-9-15)28-6-7-30(27-13-28)22(34)20(33)12-31/h2-5,8,13,17,20,26,31,33H,6-7,9-12H2,1H3,(H,25,32)/t17-,20?/m0/s1. The molecule has 36 heavy (non-hydrogen) atoms. The van der Waals surface area contributed by atoms with Crippen LogP contribution in [0.25, 0.3) is 5.57 Å². The maximum atomic E-state index is 15.0. The molecular weight excluding hydrogens is 475 g/mol. The Kier molecular flexibility index (Phi) is 7.50. The number of hydrogen-bond donors (Lipinski definition) is 4. The van der Waals surface area contributed by atoms with E-state index in [9.17, 15) is 23.9 Å². The predicted molar refractivity (Wildman–Crippen MR) is 127 cm³/mol. The molecule has 1 saturated heterocycles. The Balaban J connectivity index is 1.41. The Labute approximate surface area is 206 Å². The van der Waals surface area contributed by atoms with Gasteiger partial charge in [0.1, 0.15) is 24.1 Å². The third kappa shape index (κ3) is 5.47. The van der Waals surface area contributed by atoms with Crippen LogP contribution < -0.4 is 15.5 Å². The summed E-state index contributed by atoms with van der Waals surface area (Å²) in [6.45, 7) is 2.06. The van der Waals surface area contributed by atoms with Crippen molar-refractivity contribution in [2.24, 2.45) is 5.10 Å². The summed E-state index contributed by atoms with van der Waals surface area (Å²) in [5.41, 5.74) is 1.44. The minimum absolute atomic E-state index is 0.187. The monoisotopic (exact) mass is 502 g/mol. The first kappa shape index (κ1) is 25.1. The molecule has 1 aromatic rings. The number of nitrogens with zero attached hydrogens (tertiary/aromatic N) is 4. The van der Waals surface area contributed by atoms with Gasteiger partial charge in [-0.05, 0) is 29.8 Å². The Bertz CT molecular complexity index is 1140. The van der Waals surface area contributed by atoms with Crippen LogP contribution in [-0.2, 0) is 14.3 Å². The number of carbonyl (C=O) groups excluding carboxylic acids is 3. The number of rotatable bonds is 7. The molecule has 2 atom stereocenters. The number of dihydropyridines is 1. The fourth-order valence-electron chi connectivity index (χ4n) is 3.94. The highest BCUT2D eigenvalue weighted by Gasteiger charge is 2.33. The number of aliphatic hydroxyl groups is 2. The number of benzene rings is 1. The molecule has 3 amide bonds. The molecule has 13 heteroatoms. The molecule has 12 nitrogen and oxygen atoms in total. The van der Waals surface area contributed by atoms with Gasteiger partial charge in [-0.3, -0.25) is 14.5 Å². The van der Waals surface area contributed by atoms with Crippen LogP contribution in [0.3, 0.4) is 0 Å². The van der Waals surface area contributed by atoms with Crippen LogP contribution in [0, 0.1) is 5.82 Å². The van der Waals surface area contributed by atoms with E-state index in [0.29, 0.717) is 35.7 Å². The van der Waals surface area contributed by atoms with E-state index in [4.69, 9.17) is 9.84 Å². The maximum absolute atomic E-state index is 15.0. The minimum Gasteiger partial charge on any atom is -0.442 e. The first-order valence-corrected chi connectivity index (χ1v) is 11.3. The highest BCUT2D eigenvalue weighted by Crippen LogP contribution is 2.28. The summed E-state index contributed by atoms with van der Waals surface area (Å²) in [6, 6.07) is 4.52. The van der Waals surface area contributed by atoms with Crippen molar-refractivity contribution < 1.29 is 33.7 Å². The van der Waals surface area contributed by atoms with E-state index in [1.807, 2.05) is 0 Å². The molecular formula is C23H27FN6O6. The zero-order chi connectivity index (χ0) is 25.8. The summed E-state index contributed by atoms with van der Waals surface area (Å²) >= 11 is 0. The lowest BCUT2D eigenvalue weighted by Gasteiger charge is -2.32. The van der Waals surface area contributed by atoms with Crippen LogP contribution in [0.15, 0.2) is 41.3 Å². The summed E-state index contributed by atoms with van der Waals surface area (Å²) in [5, 5.41) is 29.3. The van der Waals surface area contributed by atoms with Crippen LogP contribution in [0.4, 0.5) is 14.9 Å². The van der Waals surface area contributed by atoms with Gasteiger partial charge in [-0.2, -0.15) is 5.10 Å². The lowest BCUT2D eigenvalue weighted by Crippen LogP contribution is -2.46. The number of hydrogen-bond acceptors (Lipinski definition) is 9. The van der Waals surface area contributed by atoms with Crippen LogP contribution in [0.1, 0.15) is 12.5 Å². The molecule has 0 aromatic heterocycles. The predicted octanol–water partition coefficient (Wildman–Crippen LogP) is -0.444. The lowest BCUT2D eigenvalue weighted by molar-refractivity contribution is -0.142. The number of cyclic esters (lactones) is 1. The van der Waals surface area contributed by atoms with Crippen molar-refractivity contribution in [3.8, 4) is 0 Å². The van der Waals surface area contributed by atoms with E-state index >= 15 is 0 Å². The number of halogens is 1. The van der Waals surface area contributed by atoms with E-state index < -0.39 is 36.6 Å². The number of hydrazone groups is 1. The van der Waals surface area contributed by atoms with Crippen molar-refractivity contribution in [3.05, 3.63) is 47.6 Å². The van der Waals surface area contributed by atoms with E-state index in [-0.39, 0.29) is 25.5 Å². The quantitative estimate of drug-likeness (QED) is 0.392. The van der Waals surface area contributed by atoms with Crippen molar-refractivity contribution >= 4 is 35.5 Å². The number of carbonyl (C=O) groups is 3. The molecule has 0 saturated carbocycles. The highest BCUT2D eigenvalue weighted by molar-refractivity contribution is 5.90. The zero-order valence-corrected chi connectivity index (χ0v) is 19.6. The van der Waals surface area contributed by atoms with Crippen LogP contribution in [0.2, 0.25) is 0 Å². The van der Waals surface area contributed by atoms with Gasteiger partial charge in [-0.15, -0.1) is 0 Å². The van der Waals surface area contributed by atoms with Gasteiger partial charge in [0.25, 0.3) is 5.91 Å². The van der Waals surface area contributed by atoms with Gasteiger partial charge in [0.05, 0.1) is 31.9 Å². The van der Waals surface area contributed by atoms with Crippen LogP contribution in [-0.4, -0.2) is 95.9 Å². The fourth-order valence-corrected chi connectivity index (χ4v) is 3.94. The maximum Gasteiger partial charge on any atom is 0.414 e. The molecule has 0 aliphatic carbocycles. The van der Waals surface area contributed by atoms with Gasteiger partial charge in [-0.1, -0.05) is 6.08 Å². The topological polar surface area (TPSA) is 147 Å².